The summed E-state index contributed by atoms with van der Waals surface area (Å²) in [6.07, 6.45) is 1.96. The SMILES string of the molecule is CC1CC(Cl)c2cc3c(cc21)OCCCO3. The van der Waals surface area contributed by atoms with Crippen molar-refractivity contribution in [2.45, 2.75) is 31.1 Å². The summed E-state index contributed by atoms with van der Waals surface area (Å²) in [6.45, 7) is 3.68. The van der Waals surface area contributed by atoms with Gasteiger partial charge in [-0.15, -0.1) is 11.6 Å². The molecule has 1 aromatic carbocycles. The second kappa shape index (κ2) is 3.85. The van der Waals surface area contributed by atoms with Crippen molar-refractivity contribution in [3.8, 4) is 11.5 Å². The molecule has 2 nitrogen and oxygen atoms in total. The second-order valence-electron chi connectivity index (χ2n) is 4.58. The van der Waals surface area contributed by atoms with Crippen LogP contribution >= 0.6 is 11.6 Å². The molecule has 1 aliphatic carbocycles. The van der Waals surface area contributed by atoms with E-state index in [1.807, 2.05) is 0 Å². The van der Waals surface area contributed by atoms with Crippen LogP contribution in [0.5, 0.6) is 11.5 Å². The standard InChI is InChI=1S/C13H15ClO2/c1-8-5-11(14)10-7-13-12(6-9(8)10)15-3-2-4-16-13/h6-8,11H,2-5H2,1H3. The minimum Gasteiger partial charge on any atom is -0.490 e. The van der Waals surface area contributed by atoms with Gasteiger partial charge in [0.1, 0.15) is 0 Å². The van der Waals surface area contributed by atoms with Gasteiger partial charge in [0, 0.05) is 6.42 Å². The molecule has 1 aliphatic heterocycles. The monoisotopic (exact) mass is 238 g/mol. The first kappa shape index (κ1) is 10.3. The topological polar surface area (TPSA) is 18.5 Å². The third kappa shape index (κ3) is 1.56. The van der Waals surface area contributed by atoms with Gasteiger partial charge in [-0.25, -0.2) is 0 Å². The van der Waals surface area contributed by atoms with Gasteiger partial charge in [-0.2, -0.15) is 0 Å². The molecule has 0 N–H and O–H groups in total. The lowest BCUT2D eigenvalue weighted by molar-refractivity contribution is 0.296. The maximum Gasteiger partial charge on any atom is 0.161 e. The number of benzene rings is 1. The van der Waals surface area contributed by atoms with E-state index in [0.717, 1.165) is 37.6 Å². The maximum absolute atomic E-state index is 6.32. The summed E-state index contributed by atoms with van der Waals surface area (Å²) >= 11 is 6.32. The van der Waals surface area contributed by atoms with E-state index < -0.39 is 0 Å². The van der Waals surface area contributed by atoms with E-state index in [1.165, 1.54) is 11.1 Å². The van der Waals surface area contributed by atoms with E-state index in [-0.39, 0.29) is 5.38 Å². The Morgan fingerprint density at radius 3 is 2.44 bits per heavy atom. The van der Waals surface area contributed by atoms with Crippen LogP contribution in [0.1, 0.15) is 42.2 Å². The number of hydrogen-bond donors (Lipinski definition) is 0. The average molecular weight is 239 g/mol. The highest BCUT2D eigenvalue weighted by Crippen LogP contribution is 2.48. The van der Waals surface area contributed by atoms with Gasteiger partial charge in [-0.3, -0.25) is 0 Å². The van der Waals surface area contributed by atoms with Gasteiger partial charge >= 0.3 is 0 Å². The van der Waals surface area contributed by atoms with E-state index in [4.69, 9.17) is 21.1 Å². The van der Waals surface area contributed by atoms with Gasteiger partial charge in [0.15, 0.2) is 11.5 Å². The van der Waals surface area contributed by atoms with E-state index in [9.17, 15) is 0 Å². The number of alkyl halides is 1. The molecule has 1 aromatic rings. The van der Waals surface area contributed by atoms with Gasteiger partial charge in [0.25, 0.3) is 0 Å². The number of fused-ring (bicyclic) bond motifs is 2. The smallest absolute Gasteiger partial charge is 0.161 e. The quantitative estimate of drug-likeness (QED) is 0.643. The molecule has 2 atom stereocenters. The van der Waals surface area contributed by atoms with Crippen molar-refractivity contribution >= 4 is 11.6 Å². The zero-order valence-electron chi connectivity index (χ0n) is 9.33. The molecule has 0 aromatic heterocycles. The third-order valence-electron chi connectivity index (χ3n) is 3.38. The fourth-order valence-corrected chi connectivity index (χ4v) is 2.96. The van der Waals surface area contributed by atoms with E-state index in [2.05, 4.69) is 19.1 Å². The van der Waals surface area contributed by atoms with Crippen LogP contribution in [0.2, 0.25) is 0 Å². The molecule has 0 spiro atoms. The Balaban J connectivity index is 2.08. The summed E-state index contributed by atoms with van der Waals surface area (Å²) in [4.78, 5) is 0. The van der Waals surface area contributed by atoms with E-state index >= 15 is 0 Å². The molecule has 0 fully saturated rings. The Morgan fingerprint density at radius 2 is 1.75 bits per heavy atom. The first-order valence-corrected chi connectivity index (χ1v) is 6.27. The Morgan fingerprint density at radius 1 is 1.12 bits per heavy atom. The molecule has 0 amide bonds. The lowest BCUT2D eigenvalue weighted by atomic mass is 10.0. The van der Waals surface area contributed by atoms with Crippen LogP contribution in [0.3, 0.4) is 0 Å². The van der Waals surface area contributed by atoms with E-state index in [1.54, 1.807) is 0 Å². The van der Waals surface area contributed by atoms with Crippen molar-refractivity contribution in [1.82, 2.24) is 0 Å². The van der Waals surface area contributed by atoms with Gasteiger partial charge in [-0.1, -0.05) is 6.92 Å². The Labute approximate surface area is 101 Å². The third-order valence-corrected chi connectivity index (χ3v) is 3.80. The zero-order valence-corrected chi connectivity index (χ0v) is 10.1. The first-order chi connectivity index (χ1) is 7.75. The highest BCUT2D eigenvalue weighted by molar-refractivity contribution is 6.21. The molecule has 0 saturated heterocycles. The highest BCUT2D eigenvalue weighted by Gasteiger charge is 2.29. The average Bonchev–Trinajstić information content (AvgIpc) is 2.47. The molecule has 0 saturated carbocycles. The fourth-order valence-electron chi connectivity index (χ4n) is 2.50. The number of rotatable bonds is 0. The van der Waals surface area contributed by atoms with Crippen LogP contribution in [0.4, 0.5) is 0 Å². The van der Waals surface area contributed by atoms with Crippen molar-refractivity contribution in [3.05, 3.63) is 23.3 Å². The summed E-state index contributed by atoms with van der Waals surface area (Å²) in [5.74, 6) is 2.26. The molecule has 16 heavy (non-hydrogen) atoms. The summed E-state index contributed by atoms with van der Waals surface area (Å²) < 4.78 is 11.4. The molecule has 0 radical (unpaired) electrons. The van der Waals surface area contributed by atoms with Gasteiger partial charge < -0.3 is 9.47 Å². The zero-order chi connectivity index (χ0) is 11.1. The molecule has 3 heteroatoms. The molecule has 86 valence electrons. The lowest BCUT2D eigenvalue weighted by Gasteiger charge is -2.11. The van der Waals surface area contributed by atoms with Gasteiger partial charge in [0.05, 0.1) is 18.6 Å². The van der Waals surface area contributed by atoms with Crippen LogP contribution in [-0.2, 0) is 0 Å². The van der Waals surface area contributed by atoms with Crippen molar-refractivity contribution in [2.75, 3.05) is 13.2 Å². The largest absolute Gasteiger partial charge is 0.490 e. The normalized spacial score (nSPS) is 27.4. The van der Waals surface area contributed by atoms with Crippen molar-refractivity contribution < 1.29 is 9.47 Å². The molecule has 2 unspecified atom stereocenters. The number of halogens is 1. The van der Waals surface area contributed by atoms with Gasteiger partial charge in [-0.05, 0) is 35.6 Å². The Hall–Kier alpha value is -0.890. The van der Waals surface area contributed by atoms with Crippen LogP contribution in [0.15, 0.2) is 12.1 Å². The minimum absolute atomic E-state index is 0.127. The Kier molecular flexibility index (Phi) is 2.47. The van der Waals surface area contributed by atoms with Crippen molar-refractivity contribution in [1.29, 1.82) is 0 Å². The minimum atomic E-state index is 0.127. The maximum atomic E-state index is 6.32. The van der Waals surface area contributed by atoms with Crippen LogP contribution in [0, 0.1) is 0 Å². The number of ether oxygens (including phenoxy) is 2. The Bertz CT molecular complexity index is 380. The van der Waals surface area contributed by atoms with Crippen LogP contribution < -0.4 is 9.47 Å². The molecule has 0 bridgehead atoms. The summed E-state index contributed by atoms with van der Waals surface area (Å²) in [7, 11) is 0. The molecule has 1 heterocycles. The first-order valence-electron chi connectivity index (χ1n) is 5.83. The van der Waals surface area contributed by atoms with Crippen LogP contribution in [-0.4, -0.2) is 13.2 Å². The van der Waals surface area contributed by atoms with Crippen LogP contribution in [0.25, 0.3) is 0 Å². The van der Waals surface area contributed by atoms with Crippen molar-refractivity contribution in [2.24, 2.45) is 0 Å². The summed E-state index contributed by atoms with van der Waals surface area (Å²) in [6, 6.07) is 4.18. The van der Waals surface area contributed by atoms with Gasteiger partial charge in [0.2, 0.25) is 0 Å². The highest BCUT2D eigenvalue weighted by atomic mass is 35.5. The second-order valence-corrected chi connectivity index (χ2v) is 5.11. The molecule has 3 rings (SSSR count). The molecular formula is C13H15ClO2. The lowest BCUT2D eigenvalue weighted by Crippen LogP contribution is -1.97. The predicted molar refractivity (Wildman–Crippen MR) is 63.7 cm³/mol. The van der Waals surface area contributed by atoms with E-state index in [0.29, 0.717) is 5.92 Å². The number of hydrogen-bond acceptors (Lipinski definition) is 2. The fraction of sp³-hybridized carbons (Fsp3) is 0.538. The molecule has 2 aliphatic rings. The summed E-state index contributed by atoms with van der Waals surface area (Å²) in [5, 5.41) is 0.127. The predicted octanol–water partition coefficient (Wildman–Crippen LogP) is 3.64. The van der Waals surface area contributed by atoms with Crippen molar-refractivity contribution in [3.63, 3.8) is 0 Å². The summed E-state index contributed by atoms with van der Waals surface area (Å²) in [5.41, 5.74) is 2.54. The molecular weight excluding hydrogens is 224 g/mol.